The molecule has 0 spiro atoms. The second-order valence-electron chi connectivity index (χ2n) is 3.92. The fourth-order valence-corrected chi connectivity index (χ4v) is 1.41. The topological polar surface area (TPSA) is 70.5 Å². The molecule has 0 amide bonds. The van der Waals surface area contributed by atoms with Crippen LogP contribution in [0.1, 0.15) is 25.5 Å². The first kappa shape index (κ1) is 12.8. The first-order valence-electron chi connectivity index (χ1n) is 5.38. The van der Waals surface area contributed by atoms with Gasteiger partial charge in [-0.25, -0.2) is 0 Å². The number of benzene rings is 1. The van der Waals surface area contributed by atoms with Crippen LogP contribution in [0.15, 0.2) is 18.2 Å². The van der Waals surface area contributed by atoms with E-state index in [1.165, 1.54) is 0 Å². The van der Waals surface area contributed by atoms with Gasteiger partial charge in [0.05, 0.1) is 13.2 Å². The Hall–Kier alpha value is -1.26. The Morgan fingerprint density at radius 2 is 1.94 bits per heavy atom. The van der Waals surface area contributed by atoms with Gasteiger partial charge >= 0.3 is 0 Å². The van der Waals surface area contributed by atoms with E-state index < -0.39 is 0 Å². The van der Waals surface area contributed by atoms with Crippen LogP contribution < -0.4 is 20.9 Å². The predicted octanol–water partition coefficient (Wildman–Crippen LogP) is 1.44. The molecule has 0 aromatic heterocycles. The molecule has 0 saturated carbocycles. The number of methoxy groups -OCH3 is 1. The number of hydrogen-bond donors (Lipinski definition) is 2. The van der Waals surface area contributed by atoms with Crippen molar-refractivity contribution < 1.29 is 9.47 Å². The average Bonchev–Trinajstić information content (AvgIpc) is 2.27. The van der Waals surface area contributed by atoms with E-state index in [4.69, 9.17) is 20.9 Å². The van der Waals surface area contributed by atoms with Crippen LogP contribution in [0.3, 0.4) is 0 Å². The van der Waals surface area contributed by atoms with Crippen LogP contribution in [0.25, 0.3) is 0 Å². The molecule has 16 heavy (non-hydrogen) atoms. The van der Waals surface area contributed by atoms with E-state index in [0.29, 0.717) is 18.0 Å². The summed E-state index contributed by atoms with van der Waals surface area (Å²) in [6, 6.07) is 5.48. The Kier molecular flexibility index (Phi) is 4.58. The highest BCUT2D eigenvalue weighted by Gasteiger charge is 2.10. The van der Waals surface area contributed by atoms with Crippen LogP contribution >= 0.6 is 0 Å². The van der Waals surface area contributed by atoms with Crippen LogP contribution in [0.2, 0.25) is 0 Å². The summed E-state index contributed by atoms with van der Waals surface area (Å²) >= 11 is 0. The maximum absolute atomic E-state index is 5.86. The standard InChI is InChI=1S/C12H20N2O2/c1-8(2)16-12-6-9(10(14)7-13)4-5-11(12)15-3/h4-6,8,10H,7,13-14H2,1-3H3/t10-/m1/s1. The van der Waals surface area contributed by atoms with E-state index >= 15 is 0 Å². The zero-order valence-corrected chi connectivity index (χ0v) is 10.1. The molecule has 0 aliphatic rings. The lowest BCUT2D eigenvalue weighted by molar-refractivity contribution is 0.230. The van der Waals surface area contributed by atoms with Crippen LogP contribution in [0.5, 0.6) is 11.5 Å². The lowest BCUT2D eigenvalue weighted by Crippen LogP contribution is -2.20. The molecule has 0 saturated heterocycles. The van der Waals surface area contributed by atoms with Crippen LogP contribution in [-0.2, 0) is 0 Å². The molecule has 0 unspecified atom stereocenters. The van der Waals surface area contributed by atoms with Gasteiger partial charge in [-0.2, -0.15) is 0 Å². The second kappa shape index (κ2) is 5.72. The van der Waals surface area contributed by atoms with Crippen LogP contribution in [0, 0.1) is 0 Å². The van der Waals surface area contributed by atoms with Crippen molar-refractivity contribution in [3.05, 3.63) is 23.8 Å². The van der Waals surface area contributed by atoms with Gasteiger partial charge in [0.2, 0.25) is 0 Å². The molecule has 0 aliphatic heterocycles. The molecule has 4 heteroatoms. The molecule has 1 aromatic carbocycles. The Balaban J connectivity index is 3.00. The Bertz CT molecular complexity index is 340. The summed E-state index contributed by atoms with van der Waals surface area (Å²) in [5.74, 6) is 1.42. The Morgan fingerprint density at radius 3 is 2.44 bits per heavy atom. The molecule has 1 aromatic rings. The van der Waals surface area contributed by atoms with Crippen LogP contribution in [0.4, 0.5) is 0 Å². The number of ether oxygens (including phenoxy) is 2. The van der Waals surface area contributed by atoms with Gasteiger partial charge in [0.15, 0.2) is 11.5 Å². The monoisotopic (exact) mass is 224 g/mol. The molecule has 0 bridgehead atoms. The number of nitrogens with two attached hydrogens (primary N) is 2. The van der Waals surface area contributed by atoms with Gasteiger partial charge < -0.3 is 20.9 Å². The molecule has 1 atom stereocenters. The number of rotatable bonds is 5. The zero-order valence-electron chi connectivity index (χ0n) is 10.1. The van der Waals surface area contributed by atoms with Crippen LogP contribution in [-0.4, -0.2) is 19.8 Å². The normalized spacial score (nSPS) is 12.6. The van der Waals surface area contributed by atoms with Crippen molar-refractivity contribution in [2.24, 2.45) is 11.5 Å². The van der Waals surface area contributed by atoms with E-state index in [0.717, 1.165) is 5.56 Å². The lowest BCUT2D eigenvalue weighted by atomic mass is 10.1. The fraction of sp³-hybridized carbons (Fsp3) is 0.500. The van der Waals surface area contributed by atoms with Crippen molar-refractivity contribution in [2.45, 2.75) is 26.0 Å². The first-order chi connectivity index (χ1) is 7.58. The molecular weight excluding hydrogens is 204 g/mol. The quantitative estimate of drug-likeness (QED) is 0.794. The van der Waals surface area contributed by atoms with Gasteiger partial charge in [0.1, 0.15) is 0 Å². The van der Waals surface area contributed by atoms with Gasteiger partial charge in [0, 0.05) is 12.6 Å². The van der Waals surface area contributed by atoms with Gasteiger partial charge in [-0.1, -0.05) is 6.07 Å². The summed E-state index contributed by atoms with van der Waals surface area (Å²) in [5, 5.41) is 0. The van der Waals surface area contributed by atoms with E-state index in [1.807, 2.05) is 32.0 Å². The molecule has 4 N–H and O–H groups in total. The maximum Gasteiger partial charge on any atom is 0.161 e. The van der Waals surface area contributed by atoms with Gasteiger partial charge in [0.25, 0.3) is 0 Å². The third kappa shape index (κ3) is 3.12. The number of hydrogen-bond acceptors (Lipinski definition) is 4. The molecule has 0 heterocycles. The second-order valence-corrected chi connectivity index (χ2v) is 3.92. The molecule has 90 valence electrons. The highest BCUT2D eigenvalue weighted by molar-refractivity contribution is 5.44. The summed E-state index contributed by atoms with van der Waals surface area (Å²) in [4.78, 5) is 0. The summed E-state index contributed by atoms with van der Waals surface area (Å²) in [6.45, 7) is 4.34. The highest BCUT2D eigenvalue weighted by Crippen LogP contribution is 2.30. The van der Waals surface area contributed by atoms with Crippen molar-refractivity contribution in [3.8, 4) is 11.5 Å². The minimum atomic E-state index is -0.166. The maximum atomic E-state index is 5.86. The van der Waals surface area contributed by atoms with Gasteiger partial charge in [-0.15, -0.1) is 0 Å². The van der Waals surface area contributed by atoms with Gasteiger partial charge in [-0.3, -0.25) is 0 Å². The van der Waals surface area contributed by atoms with E-state index in [2.05, 4.69) is 0 Å². The van der Waals surface area contributed by atoms with Crippen molar-refractivity contribution in [3.63, 3.8) is 0 Å². The summed E-state index contributed by atoms with van der Waals surface area (Å²) in [5.41, 5.74) is 12.4. The Labute approximate surface area is 96.5 Å². The minimum absolute atomic E-state index is 0.0956. The lowest BCUT2D eigenvalue weighted by Gasteiger charge is -2.16. The average molecular weight is 224 g/mol. The van der Waals surface area contributed by atoms with E-state index in [-0.39, 0.29) is 12.1 Å². The summed E-state index contributed by atoms with van der Waals surface area (Å²) in [7, 11) is 1.62. The van der Waals surface area contributed by atoms with E-state index in [1.54, 1.807) is 7.11 Å². The molecule has 1 rings (SSSR count). The van der Waals surface area contributed by atoms with Crippen molar-refractivity contribution in [2.75, 3.05) is 13.7 Å². The predicted molar refractivity (Wildman–Crippen MR) is 64.7 cm³/mol. The third-order valence-electron chi connectivity index (χ3n) is 2.23. The van der Waals surface area contributed by atoms with Gasteiger partial charge in [-0.05, 0) is 31.5 Å². The summed E-state index contributed by atoms with van der Waals surface area (Å²) in [6.07, 6.45) is 0.0956. The Morgan fingerprint density at radius 1 is 1.25 bits per heavy atom. The molecule has 0 aliphatic carbocycles. The zero-order chi connectivity index (χ0) is 12.1. The molecule has 4 nitrogen and oxygen atoms in total. The molecular formula is C12H20N2O2. The first-order valence-corrected chi connectivity index (χ1v) is 5.38. The van der Waals surface area contributed by atoms with E-state index in [9.17, 15) is 0 Å². The third-order valence-corrected chi connectivity index (χ3v) is 2.23. The van der Waals surface area contributed by atoms with Crippen molar-refractivity contribution in [1.29, 1.82) is 0 Å². The molecule has 0 radical (unpaired) electrons. The smallest absolute Gasteiger partial charge is 0.161 e. The summed E-state index contributed by atoms with van der Waals surface area (Å²) < 4.78 is 10.9. The minimum Gasteiger partial charge on any atom is -0.493 e. The van der Waals surface area contributed by atoms with Crippen molar-refractivity contribution in [1.82, 2.24) is 0 Å². The molecule has 0 fully saturated rings. The largest absolute Gasteiger partial charge is 0.493 e. The highest BCUT2D eigenvalue weighted by atomic mass is 16.5. The van der Waals surface area contributed by atoms with Crippen molar-refractivity contribution >= 4 is 0 Å². The SMILES string of the molecule is COc1ccc([C@H](N)CN)cc1OC(C)C. The fourth-order valence-electron chi connectivity index (χ4n) is 1.41.